The minimum absolute atomic E-state index is 0.567. The van der Waals surface area contributed by atoms with Gasteiger partial charge in [0.15, 0.2) is 0 Å². The van der Waals surface area contributed by atoms with Gasteiger partial charge in [-0.3, -0.25) is 4.90 Å². The second kappa shape index (κ2) is 5.49. The van der Waals surface area contributed by atoms with Crippen LogP contribution in [0.2, 0.25) is 0 Å². The normalized spacial score (nSPS) is 24.6. The lowest BCUT2D eigenvalue weighted by Gasteiger charge is -2.24. The Bertz CT molecular complexity index is 407. The van der Waals surface area contributed by atoms with Crippen LogP contribution in [0.5, 0.6) is 0 Å². The highest BCUT2D eigenvalue weighted by Gasteiger charge is 2.29. The largest absolute Gasteiger partial charge is 0.355 e. The van der Waals surface area contributed by atoms with Crippen molar-refractivity contribution in [1.29, 1.82) is 0 Å². The highest BCUT2D eigenvalue weighted by molar-refractivity contribution is 5.41. The van der Waals surface area contributed by atoms with Crippen molar-refractivity contribution in [3.05, 3.63) is 23.9 Å². The van der Waals surface area contributed by atoms with Crippen LogP contribution >= 0.6 is 0 Å². The molecular weight excluding hydrogens is 234 g/mol. The molecule has 3 nitrogen and oxygen atoms in total. The standard InChI is InChI=1S/C16H25N3/c1-13(2)14-5-6-16(17-11-14)19-10-7-15(12-19)18-8-3-4-9-18/h5-6,11,13,15H,3-4,7-10,12H2,1-2H3/t15-/m0/s1. The molecule has 2 fully saturated rings. The maximum atomic E-state index is 4.65. The summed E-state index contributed by atoms with van der Waals surface area (Å²) in [5.41, 5.74) is 1.33. The first-order valence-corrected chi connectivity index (χ1v) is 7.69. The molecule has 104 valence electrons. The van der Waals surface area contributed by atoms with Crippen molar-refractivity contribution in [2.24, 2.45) is 0 Å². The van der Waals surface area contributed by atoms with Crippen LogP contribution in [0.25, 0.3) is 0 Å². The third kappa shape index (κ3) is 2.76. The molecule has 0 bridgehead atoms. The first-order valence-electron chi connectivity index (χ1n) is 7.69. The highest BCUT2D eigenvalue weighted by atomic mass is 15.3. The second-order valence-corrected chi connectivity index (χ2v) is 6.24. The molecule has 3 heterocycles. The zero-order valence-corrected chi connectivity index (χ0v) is 12.2. The van der Waals surface area contributed by atoms with Gasteiger partial charge in [-0.05, 0) is 49.9 Å². The number of hydrogen-bond acceptors (Lipinski definition) is 3. The number of pyridine rings is 1. The van der Waals surface area contributed by atoms with E-state index in [-0.39, 0.29) is 0 Å². The van der Waals surface area contributed by atoms with Crippen LogP contribution in [0.3, 0.4) is 0 Å². The molecule has 19 heavy (non-hydrogen) atoms. The van der Waals surface area contributed by atoms with Gasteiger partial charge in [0, 0.05) is 25.3 Å². The third-order valence-electron chi connectivity index (χ3n) is 4.58. The van der Waals surface area contributed by atoms with Crippen LogP contribution < -0.4 is 4.90 Å². The van der Waals surface area contributed by atoms with Gasteiger partial charge in [-0.1, -0.05) is 19.9 Å². The van der Waals surface area contributed by atoms with Gasteiger partial charge >= 0.3 is 0 Å². The van der Waals surface area contributed by atoms with Crippen LogP contribution in [-0.4, -0.2) is 42.1 Å². The van der Waals surface area contributed by atoms with E-state index in [0.717, 1.165) is 24.9 Å². The summed E-state index contributed by atoms with van der Waals surface area (Å²) < 4.78 is 0. The van der Waals surface area contributed by atoms with Crippen LogP contribution in [0.1, 0.15) is 44.6 Å². The Labute approximate surface area is 116 Å². The van der Waals surface area contributed by atoms with E-state index in [1.165, 1.54) is 37.9 Å². The van der Waals surface area contributed by atoms with Crippen molar-refractivity contribution < 1.29 is 0 Å². The summed E-state index contributed by atoms with van der Waals surface area (Å²) in [5.74, 6) is 1.73. The first-order chi connectivity index (χ1) is 9.24. The lowest BCUT2D eigenvalue weighted by atomic mass is 10.1. The van der Waals surface area contributed by atoms with E-state index >= 15 is 0 Å². The first kappa shape index (κ1) is 12.9. The Hall–Kier alpha value is -1.09. The molecule has 1 atom stereocenters. The van der Waals surface area contributed by atoms with E-state index in [4.69, 9.17) is 0 Å². The number of rotatable bonds is 3. The van der Waals surface area contributed by atoms with E-state index in [9.17, 15) is 0 Å². The van der Waals surface area contributed by atoms with E-state index in [1.807, 2.05) is 6.20 Å². The summed E-state index contributed by atoms with van der Waals surface area (Å²) in [5, 5.41) is 0. The molecule has 3 heteroatoms. The maximum absolute atomic E-state index is 4.65. The van der Waals surface area contributed by atoms with Crippen LogP contribution in [0, 0.1) is 0 Å². The predicted octanol–water partition coefficient (Wildman–Crippen LogP) is 2.88. The van der Waals surface area contributed by atoms with Gasteiger partial charge in [-0.15, -0.1) is 0 Å². The number of hydrogen-bond donors (Lipinski definition) is 0. The quantitative estimate of drug-likeness (QED) is 0.832. The van der Waals surface area contributed by atoms with Gasteiger partial charge < -0.3 is 4.90 Å². The fourth-order valence-electron chi connectivity index (χ4n) is 3.28. The molecule has 0 spiro atoms. The summed E-state index contributed by atoms with van der Waals surface area (Å²) in [6.45, 7) is 9.37. The van der Waals surface area contributed by atoms with E-state index in [2.05, 4.69) is 40.8 Å². The molecule has 0 amide bonds. The van der Waals surface area contributed by atoms with E-state index in [1.54, 1.807) is 0 Å². The van der Waals surface area contributed by atoms with Crippen LogP contribution in [0.4, 0.5) is 5.82 Å². The molecule has 0 saturated carbocycles. The van der Waals surface area contributed by atoms with Crippen molar-refractivity contribution >= 4 is 5.82 Å². The topological polar surface area (TPSA) is 19.4 Å². The van der Waals surface area contributed by atoms with Gasteiger partial charge in [-0.25, -0.2) is 4.98 Å². The fourth-order valence-corrected chi connectivity index (χ4v) is 3.28. The van der Waals surface area contributed by atoms with Gasteiger partial charge in [-0.2, -0.15) is 0 Å². The third-order valence-corrected chi connectivity index (χ3v) is 4.58. The number of aromatic nitrogens is 1. The summed E-state index contributed by atoms with van der Waals surface area (Å²) in [6.07, 6.45) is 6.12. The SMILES string of the molecule is CC(C)c1ccc(N2CC[C@H](N3CCCC3)C2)nc1. The molecule has 0 N–H and O–H groups in total. The van der Waals surface area contributed by atoms with Gasteiger partial charge in [0.25, 0.3) is 0 Å². The average Bonchev–Trinajstić information content (AvgIpc) is 3.10. The second-order valence-electron chi connectivity index (χ2n) is 6.24. The van der Waals surface area contributed by atoms with Gasteiger partial charge in [0.05, 0.1) is 0 Å². The Balaban J connectivity index is 1.63. The smallest absolute Gasteiger partial charge is 0.128 e. The molecule has 1 aromatic heterocycles. The molecule has 0 aromatic carbocycles. The minimum Gasteiger partial charge on any atom is -0.355 e. The van der Waals surface area contributed by atoms with Crippen molar-refractivity contribution in [1.82, 2.24) is 9.88 Å². The number of anilines is 1. The molecule has 0 unspecified atom stereocenters. The number of likely N-dealkylation sites (tertiary alicyclic amines) is 1. The molecule has 1 aromatic rings. The molecule has 0 aliphatic carbocycles. The van der Waals surface area contributed by atoms with Crippen molar-refractivity contribution in [3.8, 4) is 0 Å². The van der Waals surface area contributed by atoms with E-state index in [0.29, 0.717) is 5.92 Å². The van der Waals surface area contributed by atoms with Crippen LogP contribution in [-0.2, 0) is 0 Å². The molecule has 2 aliphatic heterocycles. The molecule has 3 rings (SSSR count). The summed E-state index contributed by atoms with van der Waals surface area (Å²) in [4.78, 5) is 9.77. The monoisotopic (exact) mass is 259 g/mol. The Morgan fingerprint density at radius 1 is 1.16 bits per heavy atom. The Kier molecular flexibility index (Phi) is 3.74. The molecule has 0 radical (unpaired) electrons. The van der Waals surface area contributed by atoms with Gasteiger partial charge in [0.1, 0.15) is 5.82 Å². The lowest BCUT2D eigenvalue weighted by molar-refractivity contribution is 0.260. The minimum atomic E-state index is 0.567. The lowest BCUT2D eigenvalue weighted by Crippen LogP contribution is -2.35. The molecule has 2 aliphatic rings. The Morgan fingerprint density at radius 2 is 1.95 bits per heavy atom. The molecular formula is C16H25N3. The fraction of sp³-hybridized carbons (Fsp3) is 0.688. The summed E-state index contributed by atoms with van der Waals surface area (Å²) in [7, 11) is 0. The van der Waals surface area contributed by atoms with Gasteiger partial charge in [0.2, 0.25) is 0 Å². The zero-order valence-electron chi connectivity index (χ0n) is 12.2. The maximum Gasteiger partial charge on any atom is 0.128 e. The average molecular weight is 259 g/mol. The highest BCUT2D eigenvalue weighted by Crippen LogP contribution is 2.25. The van der Waals surface area contributed by atoms with Crippen molar-refractivity contribution in [2.75, 3.05) is 31.1 Å². The Morgan fingerprint density at radius 3 is 2.58 bits per heavy atom. The zero-order chi connectivity index (χ0) is 13.2. The molecule has 2 saturated heterocycles. The summed E-state index contributed by atoms with van der Waals surface area (Å²) in [6, 6.07) is 5.19. The predicted molar refractivity (Wildman–Crippen MR) is 79.8 cm³/mol. The van der Waals surface area contributed by atoms with Crippen LogP contribution in [0.15, 0.2) is 18.3 Å². The summed E-state index contributed by atoms with van der Waals surface area (Å²) >= 11 is 0. The van der Waals surface area contributed by atoms with E-state index < -0.39 is 0 Å². The number of nitrogens with zero attached hydrogens (tertiary/aromatic N) is 3. The van der Waals surface area contributed by atoms with Crippen molar-refractivity contribution in [2.45, 2.75) is 45.1 Å². The van der Waals surface area contributed by atoms with Crippen molar-refractivity contribution in [3.63, 3.8) is 0 Å².